The number of ether oxygens (including phenoxy) is 1. The van der Waals surface area contributed by atoms with Crippen molar-refractivity contribution in [2.45, 2.75) is 0 Å². The molecule has 0 fully saturated rings. The first-order chi connectivity index (χ1) is 12.5. The van der Waals surface area contributed by atoms with E-state index in [1.54, 1.807) is 43.4 Å². The first kappa shape index (κ1) is 17.4. The lowest BCUT2D eigenvalue weighted by Crippen LogP contribution is -2.34. The molecule has 2 aromatic carbocycles. The van der Waals surface area contributed by atoms with Crippen LogP contribution in [0.2, 0.25) is 0 Å². The van der Waals surface area contributed by atoms with Crippen molar-refractivity contribution in [1.29, 1.82) is 0 Å². The van der Waals surface area contributed by atoms with E-state index in [2.05, 4.69) is 6.58 Å². The number of amides is 2. The molecule has 0 atom stereocenters. The lowest BCUT2D eigenvalue weighted by atomic mass is 10.1. The fraction of sp³-hybridized carbons (Fsp3) is 0.150. The van der Waals surface area contributed by atoms with Gasteiger partial charge in [0.05, 0.1) is 0 Å². The molecule has 1 aliphatic heterocycles. The highest BCUT2D eigenvalue weighted by molar-refractivity contribution is 6.10. The van der Waals surface area contributed by atoms with Crippen molar-refractivity contribution in [3.63, 3.8) is 0 Å². The molecule has 0 unspecified atom stereocenters. The molecule has 2 amide bonds. The highest BCUT2D eigenvalue weighted by atomic mass is 16.5. The minimum atomic E-state index is -0.665. The molecule has 6 heteroatoms. The summed E-state index contributed by atoms with van der Waals surface area (Å²) in [5.74, 6) is -1.32. The highest BCUT2D eigenvalue weighted by Crippen LogP contribution is 2.30. The standard InChI is InChI=1S/C20H18N2O4/c1-14-16-10-6-7-11-17(16)20(25)22(14)12-19(24)26-13-18(23)21(2)15-8-4-3-5-9-15/h3-11H,1,12-13H2,2H3. The van der Waals surface area contributed by atoms with E-state index in [-0.39, 0.29) is 18.4 Å². The molecule has 0 aliphatic carbocycles. The number of esters is 1. The topological polar surface area (TPSA) is 66.9 Å². The zero-order chi connectivity index (χ0) is 18.7. The van der Waals surface area contributed by atoms with Crippen LogP contribution in [-0.4, -0.2) is 42.9 Å². The molecule has 0 aromatic heterocycles. The maximum atomic E-state index is 12.4. The van der Waals surface area contributed by atoms with Crippen LogP contribution in [0.15, 0.2) is 61.2 Å². The fourth-order valence-corrected chi connectivity index (χ4v) is 2.71. The maximum absolute atomic E-state index is 12.4. The number of anilines is 1. The van der Waals surface area contributed by atoms with Gasteiger partial charge in [0.2, 0.25) is 0 Å². The summed E-state index contributed by atoms with van der Waals surface area (Å²) in [7, 11) is 1.61. The van der Waals surface area contributed by atoms with Crippen LogP contribution < -0.4 is 4.90 Å². The molecule has 1 aliphatic rings. The second-order valence-corrected chi connectivity index (χ2v) is 5.83. The number of benzene rings is 2. The van der Waals surface area contributed by atoms with Crippen LogP contribution in [0.5, 0.6) is 0 Å². The number of nitrogens with zero attached hydrogens (tertiary/aromatic N) is 2. The molecule has 0 N–H and O–H groups in total. The van der Waals surface area contributed by atoms with Crippen molar-refractivity contribution in [2.75, 3.05) is 25.1 Å². The summed E-state index contributed by atoms with van der Waals surface area (Å²) in [5.41, 5.74) is 2.36. The molecule has 0 saturated heterocycles. The third-order valence-electron chi connectivity index (χ3n) is 4.20. The number of fused-ring (bicyclic) bond motifs is 1. The zero-order valence-corrected chi connectivity index (χ0v) is 14.3. The molecule has 1 heterocycles. The van der Waals surface area contributed by atoms with Crippen molar-refractivity contribution >= 4 is 29.2 Å². The minimum absolute atomic E-state index is 0.283. The summed E-state index contributed by atoms with van der Waals surface area (Å²) >= 11 is 0. The van der Waals surface area contributed by atoms with Gasteiger partial charge in [-0.15, -0.1) is 0 Å². The van der Waals surface area contributed by atoms with E-state index < -0.39 is 12.6 Å². The van der Waals surface area contributed by atoms with Crippen LogP contribution in [0.1, 0.15) is 15.9 Å². The van der Waals surface area contributed by atoms with E-state index in [0.29, 0.717) is 22.5 Å². The van der Waals surface area contributed by atoms with Crippen molar-refractivity contribution in [3.8, 4) is 0 Å². The Kier molecular flexibility index (Phi) is 4.84. The van der Waals surface area contributed by atoms with Crippen molar-refractivity contribution in [2.24, 2.45) is 0 Å². The summed E-state index contributed by atoms with van der Waals surface area (Å²) in [5, 5.41) is 0. The molecule has 3 rings (SSSR count). The second kappa shape index (κ2) is 7.23. The Morgan fingerprint density at radius 1 is 1.04 bits per heavy atom. The number of para-hydroxylation sites is 1. The van der Waals surface area contributed by atoms with Gasteiger partial charge in [-0.3, -0.25) is 19.3 Å². The van der Waals surface area contributed by atoms with Crippen LogP contribution in [0.25, 0.3) is 5.70 Å². The smallest absolute Gasteiger partial charge is 0.326 e. The molecule has 132 valence electrons. The predicted octanol–water partition coefficient (Wildman–Crippen LogP) is 2.32. The Labute approximate surface area is 151 Å². The Bertz CT molecular complexity index is 841. The van der Waals surface area contributed by atoms with E-state index in [1.807, 2.05) is 18.2 Å². The molecule has 0 saturated carbocycles. The van der Waals surface area contributed by atoms with Gasteiger partial charge in [-0.1, -0.05) is 43.0 Å². The number of carbonyl (C=O) groups is 3. The first-order valence-electron chi connectivity index (χ1n) is 8.06. The van der Waals surface area contributed by atoms with Gasteiger partial charge in [0.1, 0.15) is 6.54 Å². The van der Waals surface area contributed by atoms with Crippen molar-refractivity contribution in [3.05, 3.63) is 72.3 Å². The van der Waals surface area contributed by atoms with Crippen LogP contribution in [0.3, 0.4) is 0 Å². The summed E-state index contributed by atoms with van der Waals surface area (Å²) in [6.07, 6.45) is 0. The van der Waals surface area contributed by atoms with Gasteiger partial charge in [0.15, 0.2) is 6.61 Å². The number of likely N-dealkylation sites (N-methyl/N-ethyl adjacent to an activating group) is 1. The molecular formula is C20H18N2O4. The van der Waals surface area contributed by atoms with Gasteiger partial charge in [0.25, 0.3) is 11.8 Å². The number of rotatable bonds is 5. The third kappa shape index (κ3) is 3.35. The van der Waals surface area contributed by atoms with Crippen molar-refractivity contribution < 1.29 is 19.1 Å². The van der Waals surface area contributed by atoms with Crippen molar-refractivity contribution in [1.82, 2.24) is 4.90 Å². The molecular weight excluding hydrogens is 332 g/mol. The van der Waals surface area contributed by atoms with E-state index in [4.69, 9.17) is 4.74 Å². The molecule has 0 radical (unpaired) electrons. The van der Waals surface area contributed by atoms with Gasteiger partial charge in [-0.05, 0) is 18.2 Å². The van der Waals surface area contributed by atoms with Crippen LogP contribution >= 0.6 is 0 Å². The number of hydrogen-bond acceptors (Lipinski definition) is 4. The second-order valence-electron chi connectivity index (χ2n) is 5.83. The average Bonchev–Trinajstić information content (AvgIpc) is 2.91. The maximum Gasteiger partial charge on any atom is 0.326 e. The predicted molar refractivity (Wildman–Crippen MR) is 97.3 cm³/mol. The van der Waals surface area contributed by atoms with E-state index in [1.165, 1.54) is 9.80 Å². The summed E-state index contributed by atoms with van der Waals surface area (Å²) in [6.45, 7) is 3.19. The quantitative estimate of drug-likeness (QED) is 0.776. The SMILES string of the molecule is C=C1c2ccccc2C(=O)N1CC(=O)OCC(=O)N(C)c1ccccc1. The average molecular weight is 350 g/mol. The molecule has 2 aromatic rings. The van der Waals surface area contributed by atoms with Gasteiger partial charge in [-0.2, -0.15) is 0 Å². The number of hydrogen-bond donors (Lipinski definition) is 0. The Morgan fingerprint density at radius 2 is 1.65 bits per heavy atom. The summed E-state index contributed by atoms with van der Waals surface area (Å²) in [6, 6.07) is 16.1. The molecule has 6 nitrogen and oxygen atoms in total. The largest absolute Gasteiger partial charge is 0.454 e. The van der Waals surface area contributed by atoms with E-state index in [0.717, 1.165) is 0 Å². The molecule has 0 spiro atoms. The Balaban J connectivity index is 1.56. The van der Waals surface area contributed by atoms with Gasteiger partial charge >= 0.3 is 5.97 Å². The van der Waals surface area contributed by atoms with E-state index in [9.17, 15) is 14.4 Å². The first-order valence-corrected chi connectivity index (χ1v) is 8.06. The summed E-state index contributed by atoms with van der Waals surface area (Å²) in [4.78, 5) is 39.2. The van der Waals surface area contributed by atoms with E-state index >= 15 is 0 Å². The molecule has 0 bridgehead atoms. The lowest BCUT2D eigenvalue weighted by molar-refractivity contribution is -0.147. The van der Waals surface area contributed by atoms with Crippen LogP contribution in [0.4, 0.5) is 5.69 Å². The Hall–Kier alpha value is -3.41. The number of carbonyl (C=O) groups excluding carboxylic acids is 3. The molecule has 26 heavy (non-hydrogen) atoms. The zero-order valence-electron chi connectivity index (χ0n) is 14.3. The lowest BCUT2D eigenvalue weighted by Gasteiger charge is -2.19. The minimum Gasteiger partial charge on any atom is -0.454 e. The highest BCUT2D eigenvalue weighted by Gasteiger charge is 2.32. The normalized spacial score (nSPS) is 12.7. The van der Waals surface area contributed by atoms with Crippen LogP contribution in [0, 0.1) is 0 Å². The third-order valence-corrected chi connectivity index (χ3v) is 4.20. The van der Waals surface area contributed by atoms with Gasteiger partial charge in [-0.25, -0.2) is 0 Å². The van der Waals surface area contributed by atoms with Crippen LogP contribution in [-0.2, 0) is 14.3 Å². The van der Waals surface area contributed by atoms with Gasteiger partial charge < -0.3 is 9.64 Å². The monoisotopic (exact) mass is 350 g/mol. The fourth-order valence-electron chi connectivity index (χ4n) is 2.71. The Morgan fingerprint density at radius 3 is 2.31 bits per heavy atom. The summed E-state index contributed by atoms with van der Waals surface area (Å²) < 4.78 is 5.04. The van der Waals surface area contributed by atoms with Gasteiger partial charge in [0, 0.05) is 29.6 Å².